The molecule has 5 heteroatoms. The molecule has 0 aliphatic carbocycles. The molecule has 0 amide bonds. The highest BCUT2D eigenvalue weighted by molar-refractivity contribution is 9.10. The lowest BCUT2D eigenvalue weighted by molar-refractivity contribution is 0.583. The summed E-state index contributed by atoms with van der Waals surface area (Å²) in [4.78, 5) is 0.658. The van der Waals surface area contributed by atoms with Crippen LogP contribution >= 0.6 is 43.6 Å². The van der Waals surface area contributed by atoms with Crippen molar-refractivity contribution in [3.63, 3.8) is 0 Å². The van der Waals surface area contributed by atoms with Crippen molar-refractivity contribution >= 4 is 43.6 Å². The van der Waals surface area contributed by atoms with E-state index in [1.165, 1.54) is 6.07 Å². The molecule has 1 atom stereocenters. The largest absolute Gasteiger partial charge is 0.207 e. The third-order valence-electron chi connectivity index (χ3n) is 2.72. The Balaban J connectivity index is 2.50. The van der Waals surface area contributed by atoms with Gasteiger partial charge in [-0.15, -0.1) is 11.8 Å². The first-order valence-corrected chi connectivity index (χ1v) is 8.39. The van der Waals surface area contributed by atoms with E-state index in [1.807, 2.05) is 30.5 Å². The fourth-order valence-corrected chi connectivity index (χ4v) is 3.63. The summed E-state index contributed by atoms with van der Waals surface area (Å²) in [6.45, 7) is 0. The highest BCUT2D eigenvalue weighted by Crippen LogP contribution is 2.38. The van der Waals surface area contributed by atoms with Gasteiger partial charge in [0.15, 0.2) is 0 Å². The van der Waals surface area contributed by atoms with Crippen molar-refractivity contribution in [1.82, 2.24) is 0 Å². The first-order valence-electron chi connectivity index (χ1n) is 5.46. The predicted octanol–water partition coefficient (Wildman–Crippen LogP) is 5.93. The molecule has 0 radical (unpaired) electrons. The molecule has 0 aliphatic heterocycles. The molecule has 0 nitrogen and oxygen atoms in total. The normalized spacial score (nSPS) is 12.5. The van der Waals surface area contributed by atoms with Gasteiger partial charge in [0.25, 0.3) is 0 Å². The van der Waals surface area contributed by atoms with E-state index in [4.69, 9.17) is 0 Å². The fraction of sp³-hybridized carbons (Fsp3) is 0.143. The van der Waals surface area contributed by atoms with Crippen molar-refractivity contribution in [2.24, 2.45) is 0 Å². The highest BCUT2D eigenvalue weighted by Gasteiger charge is 2.19. The van der Waals surface area contributed by atoms with Gasteiger partial charge in [-0.2, -0.15) is 0 Å². The van der Waals surface area contributed by atoms with Crippen LogP contribution in [0.5, 0.6) is 0 Å². The first kappa shape index (κ1) is 15.0. The SMILES string of the molecule is CSc1ccccc1C(Br)c1cc(F)c(Br)cc1F. The minimum Gasteiger partial charge on any atom is -0.207 e. The van der Waals surface area contributed by atoms with Gasteiger partial charge in [-0.05, 0) is 45.9 Å². The summed E-state index contributed by atoms with van der Waals surface area (Å²) in [5, 5.41) is 0. The average Bonchev–Trinajstić information content (AvgIpc) is 2.42. The number of hydrogen-bond donors (Lipinski definition) is 0. The van der Waals surface area contributed by atoms with Crippen LogP contribution in [0.1, 0.15) is 16.0 Å². The van der Waals surface area contributed by atoms with Crippen LogP contribution < -0.4 is 0 Å². The zero-order valence-electron chi connectivity index (χ0n) is 9.96. The standard InChI is InChI=1S/C14H10Br2F2S/c1-19-13-5-3-2-4-8(13)14(16)9-6-12(18)10(15)7-11(9)17/h2-7,14H,1H3. The zero-order valence-corrected chi connectivity index (χ0v) is 14.0. The number of halogens is 4. The van der Waals surface area contributed by atoms with Crippen molar-refractivity contribution in [3.8, 4) is 0 Å². The molecule has 0 spiro atoms. The predicted molar refractivity (Wildman–Crippen MR) is 83.1 cm³/mol. The van der Waals surface area contributed by atoms with Crippen LogP contribution in [0.3, 0.4) is 0 Å². The quantitative estimate of drug-likeness (QED) is 0.345. The Morgan fingerprint density at radius 2 is 1.74 bits per heavy atom. The third-order valence-corrected chi connectivity index (χ3v) is 5.13. The molecule has 19 heavy (non-hydrogen) atoms. The third kappa shape index (κ3) is 3.20. The number of hydrogen-bond acceptors (Lipinski definition) is 1. The lowest BCUT2D eigenvalue weighted by Crippen LogP contribution is -2.00. The molecule has 0 bridgehead atoms. The molecular formula is C14H10Br2F2S. The summed E-state index contributed by atoms with van der Waals surface area (Å²) in [5.74, 6) is -0.909. The second kappa shape index (κ2) is 6.37. The Labute approximate surface area is 131 Å². The maximum absolute atomic E-state index is 14.0. The minimum atomic E-state index is -0.470. The summed E-state index contributed by atoms with van der Waals surface area (Å²) in [6, 6.07) is 10.0. The van der Waals surface area contributed by atoms with Gasteiger partial charge >= 0.3 is 0 Å². The zero-order chi connectivity index (χ0) is 14.0. The van der Waals surface area contributed by atoms with E-state index >= 15 is 0 Å². The lowest BCUT2D eigenvalue weighted by Gasteiger charge is -2.15. The van der Waals surface area contributed by atoms with Crippen LogP contribution in [0.4, 0.5) is 8.78 Å². The second-order valence-corrected chi connectivity index (χ2v) is 6.51. The van der Waals surface area contributed by atoms with Gasteiger partial charge < -0.3 is 0 Å². The molecule has 2 aromatic rings. The monoisotopic (exact) mass is 406 g/mol. The molecule has 0 heterocycles. The van der Waals surface area contributed by atoms with Crippen LogP contribution in [0.15, 0.2) is 45.8 Å². The van der Waals surface area contributed by atoms with Crippen LogP contribution in [0.2, 0.25) is 0 Å². The Hall–Kier alpha value is -0.390. The van der Waals surface area contributed by atoms with Gasteiger partial charge in [-0.3, -0.25) is 0 Å². The summed E-state index contributed by atoms with van der Waals surface area (Å²) in [5.41, 5.74) is 1.22. The maximum atomic E-state index is 14.0. The number of benzene rings is 2. The van der Waals surface area contributed by atoms with Crippen molar-refractivity contribution in [3.05, 3.63) is 63.6 Å². The molecule has 0 aliphatic rings. The van der Waals surface area contributed by atoms with Gasteiger partial charge in [0, 0.05) is 10.5 Å². The van der Waals surface area contributed by atoms with Crippen molar-refractivity contribution in [2.75, 3.05) is 6.26 Å². The summed E-state index contributed by atoms with van der Waals surface area (Å²) in [7, 11) is 0. The molecule has 0 saturated carbocycles. The highest BCUT2D eigenvalue weighted by atomic mass is 79.9. The van der Waals surface area contributed by atoms with E-state index in [1.54, 1.807) is 11.8 Å². The second-order valence-electron chi connectivity index (χ2n) is 3.89. The van der Waals surface area contributed by atoms with Gasteiger partial charge in [-0.25, -0.2) is 8.78 Å². The molecule has 0 fully saturated rings. The molecule has 1 unspecified atom stereocenters. The van der Waals surface area contributed by atoms with Gasteiger partial charge in [0.05, 0.1) is 9.30 Å². The molecule has 0 N–H and O–H groups in total. The van der Waals surface area contributed by atoms with E-state index in [-0.39, 0.29) is 9.30 Å². The van der Waals surface area contributed by atoms with E-state index in [9.17, 15) is 8.78 Å². The number of rotatable bonds is 3. The van der Waals surface area contributed by atoms with Gasteiger partial charge in [0.2, 0.25) is 0 Å². The van der Waals surface area contributed by atoms with Crippen LogP contribution in [-0.2, 0) is 0 Å². The first-order chi connectivity index (χ1) is 9.04. The van der Waals surface area contributed by atoms with Crippen LogP contribution in [-0.4, -0.2) is 6.26 Å². The summed E-state index contributed by atoms with van der Waals surface area (Å²) >= 11 is 8.02. The molecule has 100 valence electrons. The van der Waals surface area contributed by atoms with Gasteiger partial charge in [0.1, 0.15) is 11.6 Å². The topological polar surface area (TPSA) is 0 Å². The lowest BCUT2D eigenvalue weighted by atomic mass is 10.0. The molecule has 2 aromatic carbocycles. The molecule has 2 rings (SSSR count). The van der Waals surface area contributed by atoms with Gasteiger partial charge in [-0.1, -0.05) is 34.1 Å². The van der Waals surface area contributed by atoms with Crippen LogP contribution in [0.25, 0.3) is 0 Å². The Kier molecular flexibility index (Phi) is 5.03. The minimum absolute atomic E-state index is 0.131. The van der Waals surface area contributed by atoms with Crippen molar-refractivity contribution in [1.29, 1.82) is 0 Å². The van der Waals surface area contributed by atoms with Crippen molar-refractivity contribution < 1.29 is 8.78 Å². The summed E-state index contributed by atoms with van der Waals surface area (Å²) in [6.07, 6.45) is 1.96. The smallest absolute Gasteiger partial charge is 0.137 e. The Morgan fingerprint density at radius 1 is 1.05 bits per heavy atom. The number of alkyl halides is 1. The van der Waals surface area contributed by atoms with E-state index in [2.05, 4.69) is 31.9 Å². The Bertz CT molecular complexity index is 602. The van der Waals surface area contributed by atoms with E-state index < -0.39 is 11.6 Å². The Morgan fingerprint density at radius 3 is 2.42 bits per heavy atom. The number of thioether (sulfide) groups is 1. The molecule has 0 saturated heterocycles. The van der Waals surface area contributed by atoms with Crippen LogP contribution in [0, 0.1) is 11.6 Å². The van der Waals surface area contributed by atoms with E-state index in [0.717, 1.165) is 16.5 Å². The maximum Gasteiger partial charge on any atom is 0.137 e. The fourth-order valence-electron chi connectivity index (χ4n) is 1.78. The van der Waals surface area contributed by atoms with Crippen molar-refractivity contribution in [2.45, 2.75) is 9.72 Å². The molecular weight excluding hydrogens is 398 g/mol. The van der Waals surface area contributed by atoms with E-state index in [0.29, 0.717) is 5.56 Å². The molecule has 0 aromatic heterocycles. The summed E-state index contributed by atoms with van der Waals surface area (Å²) < 4.78 is 27.7. The average molecular weight is 408 g/mol.